The van der Waals surface area contributed by atoms with Crippen LogP contribution in [0.4, 0.5) is 10.5 Å². The molecule has 3 amide bonds. The second-order valence-electron chi connectivity index (χ2n) is 5.60. The normalized spacial score (nSPS) is 15.8. The number of para-hydroxylation sites is 1. The molecule has 0 radical (unpaired) electrons. The molecule has 0 spiro atoms. The topological polar surface area (TPSA) is 78.2 Å². The van der Waals surface area contributed by atoms with Crippen LogP contribution in [0.25, 0.3) is 0 Å². The van der Waals surface area contributed by atoms with Crippen molar-refractivity contribution in [3.05, 3.63) is 54.0 Å². The highest BCUT2D eigenvalue weighted by Gasteiger charge is 2.37. The van der Waals surface area contributed by atoms with Gasteiger partial charge in [-0.15, -0.1) is 0 Å². The number of urea groups is 1. The lowest BCUT2D eigenvalue weighted by Crippen LogP contribution is -2.52. The number of amidine groups is 1. The molecule has 7 nitrogen and oxygen atoms in total. The van der Waals surface area contributed by atoms with Crippen LogP contribution in [0.15, 0.2) is 52.1 Å². The molecule has 4 rings (SSSR count). The van der Waals surface area contributed by atoms with Crippen LogP contribution < -0.4 is 10.2 Å². The first-order valence-electron chi connectivity index (χ1n) is 7.76. The van der Waals surface area contributed by atoms with Crippen molar-refractivity contribution >= 4 is 23.5 Å². The molecule has 1 N–H and O–H groups in total. The van der Waals surface area contributed by atoms with Gasteiger partial charge < -0.3 is 9.73 Å². The molecule has 2 aliphatic rings. The summed E-state index contributed by atoms with van der Waals surface area (Å²) >= 11 is 0. The molecule has 2 aromatic rings. The number of hydrogen-bond acceptors (Lipinski definition) is 4. The van der Waals surface area contributed by atoms with E-state index < -0.39 is 0 Å². The van der Waals surface area contributed by atoms with Gasteiger partial charge in [-0.1, -0.05) is 12.1 Å². The third-order valence-corrected chi connectivity index (χ3v) is 4.08. The summed E-state index contributed by atoms with van der Waals surface area (Å²) < 4.78 is 5.19. The van der Waals surface area contributed by atoms with Gasteiger partial charge in [-0.05, 0) is 24.3 Å². The van der Waals surface area contributed by atoms with Crippen LogP contribution in [0.2, 0.25) is 0 Å². The summed E-state index contributed by atoms with van der Waals surface area (Å²) in [5, 5.41) is 2.77. The van der Waals surface area contributed by atoms with E-state index in [2.05, 4.69) is 10.3 Å². The number of benzene rings is 1. The van der Waals surface area contributed by atoms with E-state index in [-0.39, 0.29) is 18.5 Å². The summed E-state index contributed by atoms with van der Waals surface area (Å²) in [7, 11) is 0. The van der Waals surface area contributed by atoms with Crippen molar-refractivity contribution in [1.82, 2.24) is 10.2 Å². The summed E-state index contributed by atoms with van der Waals surface area (Å²) in [5.41, 5.74) is 1.60. The van der Waals surface area contributed by atoms with Gasteiger partial charge in [-0.25, -0.2) is 4.79 Å². The van der Waals surface area contributed by atoms with Crippen molar-refractivity contribution in [3.63, 3.8) is 0 Å². The van der Waals surface area contributed by atoms with Gasteiger partial charge in [0.05, 0.1) is 25.0 Å². The number of amides is 3. The van der Waals surface area contributed by atoms with Gasteiger partial charge >= 0.3 is 6.03 Å². The Kier molecular flexibility index (Phi) is 3.53. The SMILES string of the molecule is O=C(CN1C(=O)N2CCN=C2c2ccccc21)NCc1ccco1. The zero-order valence-electron chi connectivity index (χ0n) is 12.9. The Morgan fingerprint density at radius 2 is 2.12 bits per heavy atom. The first-order valence-corrected chi connectivity index (χ1v) is 7.76. The number of nitrogens with one attached hydrogen (secondary N) is 1. The van der Waals surface area contributed by atoms with Crippen molar-refractivity contribution in [2.75, 3.05) is 24.5 Å². The fourth-order valence-corrected chi connectivity index (χ4v) is 2.96. The molecular formula is C17H16N4O3. The Hall–Kier alpha value is -3.09. The molecular weight excluding hydrogens is 308 g/mol. The second-order valence-corrected chi connectivity index (χ2v) is 5.60. The van der Waals surface area contributed by atoms with Crippen molar-refractivity contribution < 1.29 is 14.0 Å². The second kappa shape index (κ2) is 5.84. The van der Waals surface area contributed by atoms with Crippen LogP contribution in [0.5, 0.6) is 0 Å². The highest BCUT2D eigenvalue weighted by molar-refractivity contribution is 6.20. The van der Waals surface area contributed by atoms with E-state index in [1.807, 2.05) is 24.3 Å². The lowest BCUT2D eigenvalue weighted by molar-refractivity contribution is -0.119. The number of carbonyl (C=O) groups excluding carboxylic acids is 2. The molecule has 7 heteroatoms. The van der Waals surface area contributed by atoms with Gasteiger partial charge in [-0.2, -0.15) is 0 Å². The Morgan fingerprint density at radius 1 is 1.25 bits per heavy atom. The zero-order valence-corrected chi connectivity index (χ0v) is 12.9. The van der Waals surface area contributed by atoms with E-state index in [0.29, 0.717) is 36.9 Å². The predicted molar refractivity (Wildman–Crippen MR) is 87.8 cm³/mol. The van der Waals surface area contributed by atoms with Crippen LogP contribution in [0.3, 0.4) is 0 Å². The van der Waals surface area contributed by atoms with Crippen molar-refractivity contribution in [1.29, 1.82) is 0 Å². The van der Waals surface area contributed by atoms with Gasteiger partial charge in [0.25, 0.3) is 0 Å². The first kappa shape index (κ1) is 14.5. The minimum absolute atomic E-state index is 0.0413. The van der Waals surface area contributed by atoms with Crippen LogP contribution in [0, 0.1) is 0 Å². The summed E-state index contributed by atoms with van der Waals surface area (Å²) in [5.74, 6) is 1.12. The maximum atomic E-state index is 12.7. The van der Waals surface area contributed by atoms with E-state index >= 15 is 0 Å². The van der Waals surface area contributed by atoms with E-state index in [0.717, 1.165) is 5.56 Å². The molecule has 0 saturated carbocycles. The number of anilines is 1. The van der Waals surface area contributed by atoms with E-state index in [9.17, 15) is 9.59 Å². The number of fused-ring (bicyclic) bond motifs is 3. The Bertz CT molecular complexity index is 813. The largest absolute Gasteiger partial charge is 0.467 e. The highest BCUT2D eigenvalue weighted by Crippen LogP contribution is 2.30. The van der Waals surface area contributed by atoms with E-state index in [4.69, 9.17) is 4.42 Å². The molecule has 0 aliphatic carbocycles. The molecule has 24 heavy (non-hydrogen) atoms. The third-order valence-electron chi connectivity index (χ3n) is 4.08. The molecule has 3 heterocycles. The number of nitrogens with zero attached hydrogens (tertiary/aromatic N) is 3. The van der Waals surface area contributed by atoms with Crippen LogP contribution in [0.1, 0.15) is 11.3 Å². The monoisotopic (exact) mass is 324 g/mol. The van der Waals surface area contributed by atoms with Gasteiger partial charge in [0.15, 0.2) is 0 Å². The van der Waals surface area contributed by atoms with Crippen molar-refractivity contribution in [2.45, 2.75) is 6.54 Å². The van der Waals surface area contributed by atoms with E-state index in [1.165, 1.54) is 4.90 Å². The first-order chi connectivity index (χ1) is 11.7. The molecule has 1 aromatic heterocycles. The third kappa shape index (κ3) is 2.44. The maximum Gasteiger partial charge on any atom is 0.330 e. The van der Waals surface area contributed by atoms with E-state index in [1.54, 1.807) is 23.3 Å². The standard InChI is InChI=1S/C17H16N4O3/c22-15(19-10-12-4-3-9-24-12)11-21-14-6-2-1-5-13(14)16-18-7-8-20(16)17(21)23/h1-6,9H,7-8,10-11H2,(H,19,22). The van der Waals surface area contributed by atoms with Crippen molar-refractivity contribution in [3.8, 4) is 0 Å². The lowest BCUT2D eigenvalue weighted by atomic mass is 10.1. The van der Waals surface area contributed by atoms with Gasteiger partial charge in [0, 0.05) is 12.1 Å². The predicted octanol–water partition coefficient (Wildman–Crippen LogP) is 1.60. The number of furan rings is 1. The molecule has 2 aliphatic heterocycles. The number of hydrogen-bond donors (Lipinski definition) is 1. The minimum atomic E-state index is -0.242. The molecule has 0 unspecified atom stereocenters. The lowest BCUT2D eigenvalue weighted by Gasteiger charge is -2.34. The Labute approximate surface area is 138 Å². The minimum Gasteiger partial charge on any atom is -0.467 e. The molecule has 1 aromatic carbocycles. The maximum absolute atomic E-state index is 12.7. The van der Waals surface area contributed by atoms with Gasteiger partial charge in [-0.3, -0.25) is 19.6 Å². The molecule has 0 atom stereocenters. The quantitative estimate of drug-likeness (QED) is 0.928. The van der Waals surface area contributed by atoms with Gasteiger partial charge in [0.2, 0.25) is 5.91 Å². The van der Waals surface area contributed by atoms with Gasteiger partial charge in [0.1, 0.15) is 18.1 Å². The summed E-state index contributed by atoms with van der Waals surface area (Å²) in [4.78, 5) is 32.5. The summed E-state index contributed by atoms with van der Waals surface area (Å²) in [6, 6.07) is 10.9. The molecule has 122 valence electrons. The molecule has 0 saturated heterocycles. The van der Waals surface area contributed by atoms with Crippen molar-refractivity contribution in [2.24, 2.45) is 4.99 Å². The Morgan fingerprint density at radius 3 is 2.96 bits per heavy atom. The number of carbonyl (C=O) groups is 2. The summed E-state index contributed by atoms with van der Waals surface area (Å²) in [6.45, 7) is 1.40. The van der Waals surface area contributed by atoms with Crippen LogP contribution >= 0.6 is 0 Å². The number of rotatable bonds is 4. The number of aliphatic imine (C=N–C) groups is 1. The van der Waals surface area contributed by atoms with Crippen LogP contribution in [-0.4, -0.2) is 42.3 Å². The fraction of sp³-hybridized carbons (Fsp3) is 0.235. The highest BCUT2D eigenvalue weighted by atomic mass is 16.3. The summed E-state index contributed by atoms with van der Waals surface area (Å²) in [6.07, 6.45) is 1.56. The molecule has 0 bridgehead atoms. The van der Waals surface area contributed by atoms with Crippen LogP contribution in [-0.2, 0) is 11.3 Å². The average Bonchev–Trinajstić information content (AvgIpc) is 3.28. The Balaban J connectivity index is 1.54. The zero-order chi connectivity index (χ0) is 16.5. The smallest absolute Gasteiger partial charge is 0.330 e. The fourth-order valence-electron chi connectivity index (χ4n) is 2.96. The average molecular weight is 324 g/mol. The molecule has 0 fully saturated rings.